The van der Waals surface area contributed by atoms with Crippen LogP contribution in [0.15, 0.2) is 18.2 Å². The van der Waals surface area contributed by atoms with Crippen LogP contribution in [0, 0.1) is 0 Å². The molecule has 1 amide bonds. The summed E-state index contributed by atoms with van der Waals surface area (Å²) in [7, 11) is 0. The SMILES string of the molecule is Nc1ccc(C(F)(F)F)cc1C(=O)NCCC(F)(F)F. The van der Waals surface area contributed by atoms with Gasteiger partial charge in [-0.05, 0) is 18.2 Å². The van der Waals surface area contributed by atoms with Crippen molar-refractivity contribution in [1.29, 1.82) is 0 Å². The van der Waals surface area contributed by atoms with Gasteiger partial charge in [0, 0.05) is 12.2 Å². The molecule has 3 nitrogen and oxygen atoms in total. The third-order valence-electron chi connectivity index (χ3n) is 2.32. The zero-order valence-corrected chi connectivity index (χ0v) is 9.90. The van der Waals surface area contributed by atoms with Gasteiger partial charge in [-0.25, -0.2) is 0 Å². The number of hydrogen-bond acceptors (Lipinski definition) is 2. The Labute approximate surface area is 109 Å². The van der Waals surface area contributed by atoms with Crippen molar-refractivity contribution < 1.29 is 31.1 Å². The number of anilines is 1. The van der Waals surface area contributed by atoms with Crippen molar-refractivity contribution in [2.45, 2.75) is 18.8 Å². The molecule has 0 bridgehead atoms. The van der Waals surface area contributed by atoms with E-state index >= 15 is 0 Å². The number of hydrogen-bond donors (Lipinski definition) is 2. The van der Waals surface area contributed by atoms with Gasteiger partial charge >= 0.3 is 12.4 Å². The third-order valence-corrected chi connectivity index (χ3v) is 2.32. The highest BCUT2D eigenvalue weighted by Gasteiger charge is 2.32. The van der Waals surface area contributed by atoms with E-state index < -0.39 is 42.4 Å². The Kier molecular flexibility index (Phi) is 4.51. The number of nitrogens with two attached hydrogens (primary N) is 1. The highest BCUT2D eigenvalue weighted by atomic mass is 19.4. The van der Waals surface area contributed by atoms with Crippen molar-refractivity contribution >= 4 is 11.6 Å². The maximum atomic E-state index is 12.4. The molecule has 9 heteroatoms. The van der Waals surface area contributed by atoms with Crippen LogP contribution in [0.3, 0.4) is 0 Å². The smallest absolute Gasteiger partial charge is 0.398 e. The van der Waals surface area contributed by atoms with E-state index in [1.165, 1.54) is 0 Å². The minimum atomic E-state index is -4.67. The Balaban J connectivity index is 2.82. The first kappa shape index (κ1) is 16.1. The van der Waals surface area contributed by atoms with Gasteiger partial charge in [-0.15, -0.1) is 0 Å². The lowest BCUT2D eigenvalue weighted by molar-refractivity contribution is -0.137. The van der Waals surface area contributed by atoms with Gasteiger partial charge in [-0.1, -0.05) is 0 Å². The Morgan fingerprint density at radius 1 is 1.15 bits per heavy atom. The van der Waals surface area contributed by atoms with Gasteiger partial charge in [-0.2, -0.15) is 26.3 Å². The Bertz CT molecular complexity index is 495. The lowest BCUT2D eigenvalue weighted by Crippen LogP contribution is -2.28. The standard InChI is InChI=1S/C11H10F6N2O/c12-10(13,14)3-4-19-9(20)7-5-6(11(15,16)17)1-2-8(7)18/h1-2,5H,3-4,18H2,(H,19,20). The first-order valence-corrected chi connectivity index (χ1v) is 5.32. The highest BCUT2D eigenvalue weighted by molar-refractivity contribution is 5.99. The minimum Gasteiger partial charge on any atom is -0.398 e. The summed E-state index contributed by atoms with van der Waals surface area (Å²) >= 11 is 0. The molecule has 0 aromatic heterocycles. The fourth-order valence-electron chi connectivity index (χ4n) is 1.34. The van der Waals surface area contributed by atoms with Crippen LogP contribution in [0.25, 0.3) is 0 Å². The predicted molar refractivity (Wildman–Crippen MR) is 58.9 cm³/mol. The normalized spacial score (nSPS) is 12.3. The zero-order valence-electron chi connectivity index (χ0n) is 9.90. The fourth-order valence-corrected chi connectivity index (χ4v) is 1.34. The molecule has 3 N–H and O–H groups in total. The second-order valence-electron chi connectivity index (χ2n) is 3.92. The Morgan fingerprint density at radius 3 is 2.25 bits per heavy atom. The van der Waals surface area contributed by atoms with Gasteiger partial charge in [0.25, 0.3) is 5.91 Å². The molecule has 0 saturated carbocycles. The molecule has 0 atom stereocenters. The Morgan fingerprint density at radius 2 is 1.75 bits per heavy atom. The number of alkyl halides is 6. The summed E-state index contributed by atoms with van der Waals surface area (Å²) < 4.78 is 73.0. The topological polar surface area (TPSA) is 55.1 Å². The lowest BCUT2D eigenvalue weighted by atomic mass is 10.1. The first-order valence-electron chi connectivity index (χ1n) is 5.32. The van der Waals surface area contributed by atoms with Crippen molar-refractivity contribution in [3.63, 3.8) is 0 Å². The molecule has 112 valence electrons. The molecule has 0 aliphatic heterocycles. The average molecular weight is 300 g/mol. The molecule has 1 aromatic carbocycles. The number of nitrogen functional groups attached to an aromatic ring is 1. The van der Waals surface area contributed by atoms with Crippen LogP contribution in [0.2, 0.25) is 0 Å². The summed E-state index contributed by atoms with van der Waals surface area (Å²) in [4.78, 5) is 11.5. The number of benzene rings is 1. The number of carbonyl (C=O) groups is 1. The number of amides is 1. The molecule has 20 heavy (non-hydrogen) atoms. The van der Waals surface area contributed by atoms with E-state index in [1.54, 1.807) is 0 Å². The quantitative estimate of drug-likeness (QED) is 0.666. The molecule has 0 heterocycles. The second-order valence-corrected chi connectivity index (χ2v) is 3.92. The van der Waals surface area contributed by atoms with Gasteiger partial charge in [0.1, 0.15) is 0 Å². The molecule has 0 spiro atoms. The number of carbonyl (C=O) groups excluding carboxylic acids is 1. The molecule has 1 rings (SSSR count). The fraction of sp³-hybridized carbons (Fsp3) is 0.364. The van der Waals surface area contributed by atoms with E-state index in [-0.39, 0.29) is 5.69 Å². The summed E-state index contributed by atoms with van der Waals surface area (Å²) in [6.07, 6.45) is -10.4. The Hall–Kier alpha value is -1.93. The molecule has 1 aromatic rings. The highest BCUT2D eigenvalue weighted by Crippen LogP contribution is 2.31. The third kappa shape index (κ3) is 4.63. The second kappa shape index (κ2) is 5.59. The lowest BCUT2D eigenvalue weighted by Gasteiger charge is -2.12. The van der Waals surface area contributed by atoms with Crippen molar-refractivity contribution in [2.75, 3.05) is 12.3 Å². The van der Waals surface area contributed by atoms with Gasteiger partial charge in [0.05, 0.1) is 17.5 Å². The van der Waals surface area contributed by atoms with E-state index in [0.29, 0.717) is 12.1 Å². The summed E-state index contributed by atoms with van der Waals surface area (Å²) in [5.74, 6) is -1.09. The molecule has 0 unspecified atom stereocenters. The molecule has 0 fully saturated rings. The molecular weight excluding hydrogens is 290 g/mol. The summed E-state index contributed by atoms with van der Waals surface area (Å²) in [5.41, 5.74) is 3.48. The van der Waals surface area contributed by atoms with E-state index in [2.05, 4.69) is 0 Å². The van der Waals surface area contributed by atoms with Crippen LogP contribution in [0.5, 0.6) is 0 Å². The predicted octanol–water partition coefficient (Wildman–Crippen LogP) is 2.97. The first-order chi connectivity index (χ1) is 9.00. The molecule has 0 aliphatic carbocycles. The molecule has 0 saturated heterocycles. The summed E-state index contributed by atoms with van der Waals surface area (Å²) in [5, 5.41) is 1.87. The van der Waals surface area contributed by atoms with E-state index in [1.807, 2.05) is 5.32 Å². The molecule has 0 radical (unpaired) electrons. The zero-order chi connectivity index (χ0) is 15.6. The van der Waals surface area contributed by atoms with Crippen LogP contribution < -0.4 is 11.1 Å². The molecular formula is C11H10F6N2O. The van der Waals surface area contributed by atoms with Crippen molar-refractivity contribution in [3.05, 3.63) is 29.3 Å². The van der Waals surface area contributed by atoms with Gasteiger partial charge in [-0.3, -0.25) is 4.79 Å². The van der Waals surface area contributed by atoms with Gasteiger partial charge in [0.2, 0.25) is 0 Å². The monoisotopic (exact) mass is 300 g/mol. The van der Waals surface area contributed by atoms with Crippen molar-refractivity contribution in [2.24, 2.45) is 0 Å². The maximum absolute atomic E-state index is 12.4. The van der Waals surface area contributed by atoms with Crippen LogP contribution in [-0.4, -0.2) is 18.6 Å². The van der Waals surface area contributed by atoms with Gasteiger partial charge in [0.15, 0.2) is 0 Å². The van der Waals surface area contributed by atoms with Crippen LogP contribution in [0.1, 0.15) is 22.3 Å². The molecule has 0 aliphatic rings. The number of rotatable bonds is 3. The van der Waals surface area contributed by atoms with Gasteiger partial charge < -0.3 is 11.1 Å². The van der Waals surface area contributed by atoms with E-state index in [4.69, 9.17) is 5.73 Å². The van der Waals surface area contributed by atoms with Crippen molar-refractivity contribution in [3.8, 4) is 0 Å². The van der Waals surface area contributed by atoms with Crippen LogP contribution in [0.4, 0.5) is 32.0 Å². The summed E-state index contributed by atoms with van der Waals surface area (Å²) in [6, 6.07) is 2.06. The average Bonchev–Trinajstić information content (AvgIpc) is 2.25. The van der Waals surface area contributed by atoms with Crippen molar-refractivity contribution in [1.82, 2.24) is 5.32 Å². The minimum absolute atomic E-state index is 0.248. The van der Waals surface area contributed by atoms with E-state index in [9.17, 15) is 31.1 Å². The largest absolute Gasteiger partial charge is 0.416 e. The number of halogens is 6. The summed E-state index contributed by atoms with van der Waals surface area (Å²) in [6.45, 7) is -0.738. The maximum Gasteiger partial charge on any atom is 0.416 e. The van der Waals surface area contributed by atoms with Crippen LogP contribution in [-0.2, 0) is 6.18 Å². The van der Waals surface area contributed by atoms with Crippen LogP contribution >= 0.6 is 0 Å². The van der Waals surface area contributed by atoms with E-state index in [0.717, 1.165) is 6.07 Å². The number of nitrogens with one attached hydrogen (secondary N) is 1.